The lowest BCUT2D eigenvalue weighted by molar-refractivity contribution is -0.121. The van der Waals surface area contributed by atoms with Gasteiger partial charge in [-0.25, -0.2) is 9.29 Å². The Labute approximate surface area is 203 Å². The van der Waals surface area contributed by atoms with Crippen LogP contribution in [0.15, 0.2) is 58.7 Å². The average Bonchev–Trinajstić information content (AvgIpc) is 3.10. The van der Waals surface area contributed by atoms with E-state index >= 15 is 0 Å². The number of nitrogens with two attached hydrogens (primary N) is 1. The number of rotatable bonds is 10. The first-order valence-corrected chi connectivity index (χ1v) is 12.2. The maximum absolute atomic E-state index is 13.1. The van der Waals surface area contributed by atoms with Crippen LogP contribution >= 0.6 is 11.8 Å². The van der Waals surface area contributed by atoms with Gasteiger partial charge in [0.25, 0.3) is 0 Å². The van der Waals surface area contributed by atoms with Crippen LogP contribution < -0.4 is 15.4 Å². The summed E-state index contributed by atoms with van der Waals surface area (Å²) in [5.41, 5.74) is 7.69. The highest BCUT2D eigenvalue weighted by atomic mass is 32.2. The number of hydrogen-bond donors (Lipinski definition) is 1. The van der Waals surface area contributed by atoms with Crippen LogP contribution in [0.3, 0.4) is 0 Å². The molecule has 0 aromatic heterocycles. The summed E-state index contributed by atoms with van der Waals surface area (Å²) in [6.45, 7) is 4.52. The molecule has 0 radical (unpaired) electrons. The van der Waals surface area contributed by atoms with Gasteiger partial charge in [-0.15, -0.1) is 5.10 Å². The molecule has 7 nitrogen and oxygen atoms in total. The van der Waals surface area contributed by atoms with Gasteiger partial charge in [-0.05, 0) is 55.3 Å². The van der Waals surface area contributed by atoms with E-state index in [4.69, 9.17) is 10.5 Å². The number of anilines is 1. The number of thioether (sulfide) groups is 1. The molecule has 1 aliphatic heterocycles. The van der Waals surface area contributed by atoms with Gasteiger partial charge in [-0.1, -0.05) is 50.1 Å². The van der Waals surface area contributed by atoms with Crippen LogP contribution in [-0.4, -0.2) is 34.6 Å². The number of carbonyl (C=O) groups is 2. The maximum Gasteiger partial charge on any atom is 0.247 e. The fraction of sp³-hybridized carbons (Fsp3) is 0.360. The number of imide groups is 1. The van der Waals surface area contributed by atoms with Crippen LogP contribution in [-0.2, 0) is 9.59 Å². The number of amidine groups is 1. The number of benzene rings is 2. The first-order chi connectivity index (χ1) is 16.4. The molecule has 2 aromatic rings. The normalized spacial score (nSPS) is 16.9. The molecule has 9 heteroatoms. The van der Waals surface area contributed by atoms with E-state index in [0.717, 1.165) is 24.6 Å². The molecule has 1 aliphatic rings. The molecule has 1 atom stereocenters. The molecule has 1 heterocycles. The quantitative estimate of drug-likeness (QED) is 0.170. The fourth-order valence-electron chi connectivity index (χ4n) is 3.42. The highest BCUT2D eigenvalue weighted by Gasteiger charge is 2.40. The molecule has 2 amide bonds. The number of hydrogen-bond acceptors (Lipinski definition) is 6. The molecule has 34 heavy (non-hydrogen) atoms. The molecule has 3 rings (SSSR count). The van der Waals surface area contributed by atoms with Crippen LogP contribution in [0.25, 0.3) is 0 Å². The Morgan fingerprint density at radius 3 is 2.47 bits per heavy atom. The van der Waals surface area contributed by atoms with Gasteiger partial charge < -0.3 is 10.5 Å². The molecule has 1 saturated heterocycles. The van der Waals surface area contributed by atoms with Crippen LogP contribution in [0, 0.1) is 5.82 Å². The predicted octanol–water partition coefficient (Wildman–Crippen LogP) is 4.89. The third-order valence-corrected chi connectivity index (χ3v) is 6.27. The number of carbonyl (C=O) groups excluding carboxylic acids is 2. The summed E-state index contributed by atoms with van der Waals surface area (Å²) in [6, 6.07) is 12.8. The molecule has 0 saturated carbocycles. The van der Waals surface area contributed by atoms with Gasteiger partial charge in [0.2, 0.25) is 11.8 Å². The summed E-state index contributed by atoms with van der Waals surface area (Å²) in [5.74, 6) is -0.278. The second-order valence-corrected chi connectivity index (χ2v) is 9.13. The van der Waals surface area contributed by atoms with Crippen LogP contribution in [0.5, 0.6) is 5.75 Å². The van der Waals surface area contributed by atoms with E-state index < -0.39 is 5.25 Å². The number of amides is 2. The van der Waals surface area contributed by atoms with E-state index in [0.29, 0.717) is 29.3 Å². The van der Waals surface area contributed by atoms with Crippen molar-refractivity contribution in [1.29, 1.82) is 0 Å². The summed E-state index contributed by atoms with van der Waals surface area (Å²) in [7, 11) is 0. The van der Waals surface area contributed by atoms with E-state index in [1.165, 1.54) is 29.9 Å². The fourth-order valence-corrected chi connectivity index (χ4v) is 4.23. The number of nitrogens with zero attached hydrogens (tertiary/aromatic N) is 3. The van der Waals surface area contributed by atoms with Crippen molar-refractivity contribution in [3.05, 3.63) is 59.9 Å². The molecular formula is C25H29FN4O3S. The molecule has 0 spiro atoms. The van der Waals surface area contributed by atoms with Gasteiger partial charge in [0.1, 0.15) is 16.8 Å². The Morgan fingerprint density at radius 2 is 1.79 bits per heavy atom. The van der Waals surface area contributed by atoms with Gasteiger partial charge >= 0.3 is 0 Å². The third-order valence-electron chi connectivity index (χ3n) is 5.29. The van der Waals surface area contributed by atoms with Gasteiger partial charge in [0, 0.05) is 6.42 Å². The standard InChI is InChI=1S/C25H29FN4O3S/c1-3-4-5-6-15-33-21-13-11-20(12-14-21)30-23(31)16-22(24(30)32)34-25(27)29-28-17(2)18-7-9-19(26)10-8-18/h7-14,22H,3-6,15-16H2,1-2H3,(H2,27,29). The Balaban J connectivity index is 1.58. The molecule has 2 aromatic carbocycles. The average molecular weight is 485 g/mol. The summed E-state index contributed by atoms with van der Waals surface area (Å²) < 4.78 is 18.8. The second-order valence-electron chi connectivity index (χ2n) is 7.91. The van der Waals surface area contributed by atoms with Crippen molar-refractivity contribution in [3.63, 3.8) is 0 Å². The van der Waals surface area contributed by atoms with Crippen molar-refractivity contribution in [2.45, 2.75) is 51.2 Å². The zero-order valence-electron chi connectivity index (χ0n) is 19.4. The zero-order valence-corrected chi connectivity index (χ0v) is 20.2. The van der Waals surface area contributed by atoms with Crippen molar-refractivity contribution < 1.29 is 18.7 Å². The maximum atomic E-state index is 13.1. The van der Waals surface area contributed by atoms with Crippen LogP contribution in [0.2, 0.25) is 0 Å². The predicted molar refractivity (Wildman–Crippen MR) is 135 cm³/mol. The molecule has 180 valence electrons. The van der Waals surface area contributed by atoms with Gasteiger partial charge in [-0.3, -0.25) is 9.59 Å². The Bertz CT molecular complexity index is 1050. The van der Waals surface area contributed by atoms with E-state index in [1.54, 1.807) is 43.3 Å². The SMILES string of the molecule is CCCCCCOc1ccc(N2C(=O)CC(SC(N)=NN=C(C)c3ccc(F)cc3)C2=O)cc1. The number of halogens is 1. The van der Waals surface area contributed by atoms with E-state index in [-0.39, 0.29) is 29.2 Å². The zero-order chi connectivity index (χ0) is 24.5. The first-order valence-electron chi connectivity index (χ1n) is 11.3. The van der Waals surface area contributed by atoms with Gasteiger partial charge in [0.05, 0.1) is 18.0 Å². The van der Waals surface area contributed by atoms with E-state index in [2.05, 4.69) is 17.1 Å². The Kier molecular flexibility index (Phi) is 9.21. The van der Waals surface area contributed by atoms with E-state index in [9.17, 15) is 14.0 Å². The molecular weight excluding hydrogens is 455 g/mol. The smallest absolute Gasteiger partial charge is 0.247 e. The minimum atomic E-state index is -0.674. The Hall–Kier alpha value is -3.20. The third kappa shape index (κ3) is 6.90. The Morgan fingerprint density at radius 1 is 1.09 bits per heavy atom. The minimum Gasteiger partial charge on any atom is -0.494 e. The van der Waals surface area contributed by atoms with Crippen molar-refractivity contribution >= 4 is 40.1 Å². The molecule has 0 bridgehead atoms. The van der Waals surface area contributed by atoms with Crippen molar-refractivity contribution in [3.8, 4) is 5.75 Å². The largest absolute Gasteiger partial charge is 0.494 e. The highest BCUT2D eigenvalue weighted by Crippen LogP contribution is 2.30. The molecule has 1 fully saturated rings. The summed E-state index contributed by atoms with van der Waals surface area (Å²) in [5, 5.41) is 7.40. The topological polar surface area (TPSA) is 97.3 Å². The summed E-state index contributed by atoms with van der Waals surface area (Å²) in [4.78, 5) is 26.6. The lowest BCUT2D eigenvalue weighted by atomic mass is 10.1. The van der Waals surface area contributed by atoms with Crippen molar-refractivity contribution in [1.82, 2.24) is 0 Å². The number of unbranched alkanes of at least 4 members (excludes halogenated alkanes) is 3. The summed E-state index contributed by atoms with van der Waals surface area (Å²) >= 11 is 1.00. The van der Waals surface area contributed by atoms with Gasteiger partial charge in [0.15, 0.2) is 5.17 Å². The molecule has 2 N–H and O–H groups in total. The molecule has 0 aliphatic carbocycles. The minimum absolute atomic E-state index is 0.0239. The summed E-state index contributed by atoms with van der Waals surface area (Å²) in [6.07, 6.45) is 4.51. The lowest BCUT2D eigenvalue weighted by Gasteiger charge is -2.15. The van der Waals surface area contributed by atoms with Gasteiger partial charge in [-0.2, -0.15) is 5.10 Å². The van der Waals surface area contributed by atoms with Crippen molar-refractivity contribution in [2.24, 2.45) is 15.9 Å². The van der Waals surface area contributed by atoms with Crippen LogP contribution in [0.4, 0.5) is 10.1 Å². The van der Waals surface area contributed by atoms with Crippen molar-refractivity contribution in [2.75, 3.05) is 11.5 Å². The first kappa shape index (κ1) is 25.4. The second kappa shape index (κ2) is 12.3. The van der Waals surface area contributed by atoms with Crippen LogP contribution in [0.1, 0.15) is 51.5 Å². The molecule has 1 unspecified atom stereocenters. The highest BCUT2D eigenvalue weighted by molar-refractivity contribution is 8.14. The monoisotopic (exact) mass is 484 g/mol. The lowest BCUT2D eigenvalue weighted by Crippen LogP contribution is -2.31. The number of ether oxygens (including phenoxy) is 1. The van der Waals surface area contributed by atoms with E-state index in [1.807, 2.05) is 0 Å².